The van der Waals surface area contributed by atoms with E-state index < -0.39 is 5.54 Å². The lowest BCUT2D eigenvalue weighted by atomic mass is 10.0. The van der Waals surface area contributed by atoms with Gasteiger partial charge in [-0.2, -0.15) is 0 Å². The van der Waals surface area contributed by atoms with Gasteiger partial charge < -0.3 is 15.2 Å². The highest BCUT2D eigenvalue weighted by Crippen LogP contribution is 2.21. The fourth-order valence-electron chi connectivity index (χ4n) is 1.48. The van der Waals surface area contributed by atoms with Crippen molar-refractivity contribution in [2.45, 2.75) is 12.0 Å². The Bertz CT molecular complexity index is 325. The maximum atomic E-state index is 9.33. The van der Waals surface area contributed by atoms with Crippen LogP contribution in [-0.4, -0.2) is 40.4 Å². The van der Waals surface area contributed by atoms with Crippen LogP contribution in [0.1, 0.15) is 6.42 Å². The van der Waals surface area contributed by atoms with Crippen LogP contribution in [0.25, 0.3) is 0 Å². The number of nitrogens with one attached hydrogen (secondary N) is 1. The maximum Gasteiger partial charge on any atom is 0.223 e. The van der Waals surface area contributed by atoms with E-state index in [4.69, 9.17) is 4.74 Å². The summed E-state index contributed by atoms with van der Waals surface area (Å²) in [5, 5.41) is 12.5. The van der Waals surface area contributed by atoms with Crippen LogP contribution in [-0.2, 0) is 4.74 Å². The average molecular weight is 321 g/mol. The summed E-state index contributed by atoms with van der Waals surface area (Å²) < 4.78 is 6.25. The van der Waals surface area contributed by atoms with E-state index in [0.29, 0.717) is 19.2 Å². The molecule has 1 aliphatic rings. The summed E-state index contributed by atoms with van der Waals surface area (Å²) in [6.45, 7) is 1.19. The Morgan fingerprint density at radius 1 is 1.53 bits per heavy atom. The Morgan fingerprint density at radius 2 is 2.27 bits per heavy atom. The molecule has 0 aliphatic carbocycles. The molecule has 0 saturated carbocycles. The van der Waals surface area contributed by atoms with Crippen molar-refractivity contribution >= 4 is 28.5 Å². The van der Waals surface area contributed by atoms with Crippen molar-refractivity contribution in [3.8, 4) is 0 Å². The molecule has 15 heavy (non-hydrogen) atoms. The third kappa shape index (κ3) is 2.56. The fourth-order valence-corrected chi connectivity index (χ4v) is 1.76. The van der Waals surface area contributed by atoms with E-state index in [-0.39, 0.29) is 6.61 Å². The predicted octanol–water partition coefficient (Wildman–Crippen LogP) is 0.645. The molecule has 0 aromatic carbocycles. The maximum absolute atomic E-state index is 9.33. The lowest BCUT2D eigenvalue weighted by molar-refractivity contribution is 0.152. The smallest absolute Gasteiger partial charge is 0.223 e. The molecule has 0 bridgehead atoms. The van der Waals surface area contributed by atoms with Crippen LogP contribution in [0.4, 0.5) is 5.95 Å². The first-order valence-electron chi connectivity index (χ1n) is 4.68. The molecule has 1 aromatic heterocycles. The van der Waals surface area contributed by atoms with Gasteiger partial charge in [0, 0.05) is 22.6 Å². The van der Waals surface area contributed by atoms with Gasteiger partial charge in [-0.3, -0.25) is 0 Å². The Hall–Kier alpha value is -0.470. The molecule has 0 spiro atoms. The number of ether oxygens (including phenoxy) is 1. The normalized spacial score (nSPS) is 25.5. The molecule has 1 saturated heterocycles. The molecule has 2 rings (SSSR count). The summed E-state index contributed by atoms with van der Waals surface area (Å²) in [6.07, 6.45) is 4.24. The Balaban J connectivity index is 2.09. The first-order chi connectivity index (χ1) is 7.24. The van der Waals surface area contributed by atoms with E-state index in [1.165, 1.54) is 0 Å². The van der Waals surface area contributed by atoms with Gasteiger partial charge in [0.15, 0.2) is 0 Å². The quantitative estimate of drug-likeness (QED) is 0.800. The number of aromatic nitrogens is 2. The van der Waals surface area contributed by atoms with Gasteiger partial charge in [0.25, 0.3) is 0 Å². The summed E-state index contributed by atoms with van der Waals surface area (Å²) in [6, 6.07) is 0. The second-order valence-corrected chi connectivity index (χ2v) is 4.84. The van der Waals surface area contributed by atoms with Crippen molar-refractivity contribution in [2.75, 3.05) is 25.1 Å². The number of anilines is 1. The van der Waals surface area contributed by atoms with Crippen molar-refractivity contribution < 1.29 is 9.84 Å². The molecule has 5 nitrogen and oxygen atoms in total. The molecular weight excluding hydrogens is 309 g/mol. The highest BCUT2D eigenvalue weighted by atomic mass is 127. The number of halogens is 1. The topological polar surface area (TPSA) is 67.3 Å². The van der Waals surface area contributed by atoms with E-state index in [2.05, 4.69) is 37.9 Å². The average Bonchev–Trinajstić information content (AvgIpc) is 2.71. The van der Waals surface area contributed by atoms with E-state index in [9.17, 15) is 5.11 Å². The number of nitrogens with zero attached hydrogens (tertiary/aromatic N) is 2. The van der Waals surface area contributed by atoms with Crippen molar-refractivity contribution in [2.24, 2.45) is 0 Å². The van der Waals surface area contributed by atoms with Crippen molar-refractivity contribution in [3.05, 3.63) is 16.0 Å². The van der Waals surface area contributed by atoms with E-state index in [1.807, 2.05) is 0 Å². The second kappa shape index (κ2) is 4.58. The minimum atomic E-state index is -0.410. The third-order valence-corrected chi connectivity index (χ3v) is 2.96. The van der Waals surface area contributed by atoms with E-state index in [0.717, 1.165) is 9.99 Å². The van der Waals surface area contributed by atoms with Crippen LogP contribution in [0, 0.1) is 3.57 Å². The monoisotopic (exact) mass is 321 g/mol. The van der Waals surface area contributed by atoms with Crippen molar-refractivity contribution in [1.29, 1.82) is 0 Å². The predicted molar refractivity (Wildman–Crippen MR) is 63.6 cm³/mol. The van der Waals surface area contributed by atoms with Crippen LogP contribution in [0.15, 0.2) is 12.4 Å². The number of hydrogen-bond donors (Lipinski definition) is 2. The van der Waals surface area contributed by atoms with Crippen molar-refractivity contribution in [3.63, 3.8) is 0 Å². The first kappa shape index (κ1) is 11.0. The van der Waals surface area contributed by atoms with Gasteiger partial charge in [-0.1, -0.05) is 0 Å². The Morgan fingerprint density at radius 3 is 2.80 bits per heavy atom. The van der Waals surface area contributed by atoms with Gasteiger partial charge >= 0.3 is 0 Å². The summed E-state index contributed by atoms with van der Waals surface area (Å²) in [4.78, 5) is 8.28. The second-order valence-electron chi connectivity index (χ2n) is 3.59. The van der Waals surface area contributed by atoms with Crippen LogP contribution < -0.4 is 5.32 Å². The van der Waals surface area contributed by atoms with E-state index in [1.54, 1.807) is 12.4 Å². The molecule has 1 atom stereocenters. The summed E-state index contributed by atoms with van der Waals surface area (Å²) in [5.41, 5.74) is -0.410. The molecule has 82 valence electrons. The van der Waals surface area contributed by atoms with Crippen molar-refractivity contribution in [1.82, 2.24) is 9.97 Å². The summed E-state index contributed by atoms with van der Waals surface area (Å²) >= 11 is 2.15. The van der Waals surface area contributed by atoms with Gasteiger partial charge in [-0.25, -0.2) is 9.97 Å². The standard InChI is InChI=1S/C9H12IN3O2/c10-7-3-11-8(12-4-7)13-9(5-14)1-2-15-6-9/h3-4,14H,1-2,5-6H2,(H,11,12,13). The molecule has 1 unspecified atom stereocenters. The van der Waals surface area contributed by atoms with Gasteiger partial charge in [0.2, 0.25) is 5.95 Å². The highest BCUT2D eigenvalue weighted by molar-refractivity contribution is 14.1. The number of rotatable bonds is 3. The van der Waals surface area contributed by atoms with Gasteiger partial charge in [0.05, 0.1) is 18.8 Å². The van der Waals surface area contributed by atoms with Gasteiger partial charge in [0.1, 0.15) is 0 Å². The summed E-state index contributed by atoms with van der Waals surface area (Å²) in [5.74, 6) is 0.537. The minimum absolute atomic E-state index is 0.0301. The molecule has 2 heterocycles. The molecule has 1 fully saturated rings. The largest absolute Gasteiger partial charge is 0.394 e. The Labute approximate surface area is 101 Å². The van der Waals surface area contributed by atoms with Crippen LogP contribution >= 0.6 is 22.6 Å². The van der Waals surface area contributed by atoms with Crippen LogP contribution in [0.2, 0.25) is 0 Å². The molecule has 0 radical (unpaired) electrons. The SMILES string of the molecule is OCC1(Nc2ncc(I)cn2)CCOC1. The zero-order chi connectivity index (χ0) is 10.7. The third-order valence-electron chi connectivity index (χ3n) is 2.40. The number of aliphatic hydroxyl groups excluding tert-OH is 1. The lowest BCUT2D eigenvalue weighted by Crippen LogP contribution is -2.43. The molecule has 1 aromatic rings. The molecule has 0 amide bonds. The molecule has 2 N–H and O–H groups in total. The molecular formula is C9H12IN3O2. The zero-order valence-corrected chi connectivity index (χ0v) is 10.3. The first-order valence-corrected chi connectivity index (χ1v) is 5.76. The van der Waals surface area contributed by atoms with Crippen LogP contribution in [0.3, 0.4) is 0 Å². The summed E-state index contributed by atoms with van der Waals surface area (Å²) in [7, 11) is 0. The number of hydrogen-bond acceptors (Lipinski definition) is 5. The van der Waals surface area contributed by atoms with Gasteiger partial charge in [-0.15, -0.1) is 0 Å². The van der Waals surface area contributed by atoms with Gasteiger partial charge in [-0.05, 0) is 29.0 Å². The minimum Gasteiger partial charge on any atom is -0.394 e. The van der Waals surface area contributed by atoms with Crippen LogP contribution in [0.5, 0.6) is 0 Å². The Kier molecular flexibility index (Phi) is 3.37. The zero-order valence-electron chi connectivity index (χ0n) is 8.11. The highest BCUT2D eigenvalue weighted by Gasteiger charge is 2.34. The molecule has 1 aliphatic heterocycles. The lowest BCUT2D eigenvalue weighted by Gasteiger charge is -2.25. The fraction of sp³-hybridized carbons (Fsp3) is 0.556. The number of aliphatic hydroxyl groups is 1. The molecule has 6 heteroatoms. The van der Waals surface area contributed by atoms with E-state index >= 15 is 0 Å².